The Kier molecular flexibility index (Phi) is 2.42. The summed E-state index contributed by atoms with van der Waals surface area (Å²) >= 11 is 0. The van der Waals surface area contributed by atoms with E-state index in [1.165, 1.54) is 25.7 Å². The summed E-state index contributed by atoms with van der Waals surface area (Å²) in [6.45, 7) is 0. The van der Waals surface area contributed by atoms with Crippen LogP contribution in [0.2, 0.25) is 0 Å². The molecule has 1 aliphatic carbocycles. The maximum atomic E-state index is 6.01. The Bertz CT molecular complexity index is 466. The number of aliphatic imine (C=N–C) groups is 1. The van der Waals surface area contributed by atoms with Gasteiger partial charge in [-0.05, 0) is 25.0 Å². The fourth-order valence-corrected chi connectivity index (χ4v) is 2.75. The van der Waals surface area contributed by atoms with Gasteiger partial charge in [-0.2, -0.15) is 0 Å². The zero-order valence-electron chi connectivity index (χ0n) is 9.82. The summed E-state index contributed by atoms with van der Waals surface area (Å²) in [5, 5.41) is 3.49. The van der Waals surface area contributed by atoms with Gasteiger partial charge in [-0.1, -0.05) is 18.9 Å². The first kappa shape index (κ1) is 10.4. The van der Waals surface area contributed by atoms with Crippen LogP contribution in [-0.2, 0) is 0 Å². The number of amidine groups is 1. The van der Waals surface area contributed by atoms with Crippen molar-refractivity contribution in [2.24, 2.45) is 4.99 Å². The van der Waals surface area contributed by atoms with E-state index in [2.05, 4.69) is 5.32 Å². The third-order valence-electron chi connectivity index (χ3n) is 3.74. The zero-order valence-corrected chi connectivity index (χ0v) is 9.82. The maximum Gasteiger partial charge on any atom is 0.131 e. The Balaban J connectivity index is 1.92. The highest BCUT2D eigenvalue weighted by Gasteiger charge is 2.31. The number of nitrogens with two attached hydrogens (primary N) is 2. The molecule has 0 radical (unpaired) electrons. The van der Waals surface area contributed by atoms with Gasteiger partial charge >= 0.3 is 0 Å². The van der Waals surface area contributed by atoms with E-state index in [1.54, 1.807) is 0 Å². The van der Waals surface area contributed by atoms with Crippen LogP contribution in [-0.4, -0.2) is 17.9 Å². The molecule has 0 aromatic heterocycles. The van der Waals surface area contributed by atoms with Gasteiger partial charge in [0.1, 0.15) is 5.84 Å². The van der Waals surface area contributed by atoms with Crippen LogP contribution in [0.3, 0.4) is 0 Å². The molecule has 90 valence electrons. The molecule has 1 aliphatic heterocycles. The van der Waals surface area contributed by atoms with Crippen LogP contribution in [0.5, 0.6) is 0 Å². The molecule has 1 fully saturated rings. The number of benzene rings is 1. The molecule has 1 aromatic carbocycles. The van der Waals surface area contributed by atoms with Crippen LogP contribution in [0.15, 0.2) is 23.2 Å². The lowest BCUT2D eigenvalue weighted by atomic mass is 9.92. The molecule has 0 bridgehead atoms. The number of nitrogens with zero attached hydrogens (tertiary/aromatic N) is 1. The second kappa shape index (κ2) is 3.95. The standard InChI is InChI=1S/C13H18N4/c14-9-5-3-4-8(12(9)15)13-16-10-6-1-2-7-11(10)17-13/h3-5,10-11H,1-2,6-7,14-15H2,(H,16,17)/t10-,11+. The summed E-state index contributed by atoms with van der Waals surface area (Å²) in [6.07, 6.45) is 4.97. The maximum absolute atomic E-state index is 6.01. The quantitative estimate of drug-likeness (QED) is 0.640. The molecule has 0 spiro atoms. The molecule has 17 heavy (non-hydrogen) atoms. The molecule has 1 aromatic rings. The molecule has 3 rings (SSSR count). The summed E-state index contributed by atoms with van der Waals surface area (Å²) in [4.78, 5) is 4.75. The van der Waals surface area contributed by atoms with E-state index in [9.17, 15) is 0 Å². The lowest BCUT2D eigenvalue weighted by Gasteiger charge is -2.23. The average molecular weight is 230 g/mol. The van der Waals surface area contributed by atoms with Crippen molar-refractivity contribution in [3.05, 3.63) is 23.8 Å². The van der Waals surface area contributed by atoms with Gasteiger partial charge in [0.05, 0.1) is 17.4 Å². The Morgan fingerprint density at radius 3 is 2.82 bits per heavy atom. The minimum atomic E-state index is 0.430. The van der Waals surface area contributed by atoms with Gasteiger partial charge in [0.15, 0.2) is 0 Å². The SMILES string of the molecule is Nc1cccc(C2=N[C@@H]3CCCC[C@@H]3N2)c1N. The Labute approximate surface area is 101 Å². The first-order valence-corrected chi connectivity index (χ1v) is 6.24. The number of fused-ring (bicyclic) bond motifs is 1. The first-order chi connectivity index (χ1) is 8.25. The second-order valence-corrected chi connectivity index (χ2v) is 4.89. The van der Waals surface area contributed by atoms with E-state index < -0.39 is 0 Å². The molecule has 2 aliphatic rings. The van der Waals surface area contributed by atoms with Crippen molar-refractivity contribution in [1.29, 1.82) is 0 Å². The van der Waals surface area contributed by atoms with Crippen LogP contribution in [0.25, 0.3) is 0 Å². The third kappa shape index (κ3) is 1.73. The Morgan fingerprint density at radius 2 is 2.00 bits per heavy atom. The van der Waals surface area contributed by atoms with Crippen molar-refractivity contribution >= 4 is 17.2 Å². The van der Waals surface area contributed by atoms with Crippen molar-refractivity contribution in [2.75, 3.05) is 11.5 Å². The van der Waals surface area contributed by atoms with E-state index in [4.69, 9.17) is 16.5 Å². The number of nitrogens with one attached hydrogen (secondary N) is 1. The van der Waals surface area contributed by atoms with Gasteiger partial charge < -0.3 is 16.8 Å². The second-order valence-electron chi connectivity index (χ2n) is 4.89. The van der Waals surface area contributed by atoms with E-state index >= 15 is 0 Å². The summed E-state index contributed by atoms with van der Waals surface area (Å²) in [6, 6.07) is 6.66. The van der Waals surface area contributed by atoms with Gasteiger partial charge in [-0.3, -0.25) is 4.99 Å². The molecule has 4 nitrogen and oxygen atoms in total. The first-order valence-electron chi connectivity index (χ1n) is 6.24. The van der Waals surface area contributed by atoms with Crippen LogP contribution < -0.4 is 16.8 Å². The van der Waals surface area contributed by atoms with Crippen LogP contribution in [0.1, 0.15) is 31.2 Å². The number of para-hydroxylation sites is 1. The third-order valence-corrected chi connectivity index (χ3v) is 3.74. The highest BCUT2D eigenvalue weighted by atomic mass is 15.1. The van der Waals surface area contributed by atoms with E-state index in [0.29, 0.717) is 23.5 Å². The van der Waals surface area contributed by atoms with Crippen LogP contribution in [0.4, 0.5) is 11.4 Å². The average Bonchev–Trinajstić information content (AvgIpc) is 2.76. The highest BCUT2D eigenvalue weighted by molar-refractivity contribution is 6.06. The van der Waals surface area contributed by atoms with Gasteiger partial charge in [0.25, 0.3) is 0 Å². The minimum Gasteiger partial charge on any atom is -0.397 e. The largest absolute Gasteiger partial charge is 0.397 e. The van der Waals surface area contributed by atoms with Crippen molar-refractivity contribution in [2.45, 2.75) is 37.8 Å². The molecule has 1 saturated carbocycles. The smallest absolute Gasteiger partial charge is 0.131 e. The van der Waals surface area contributed by atoms with Crippen molar-refractivity contribution < 1.29 is 0 Å². The Hall–Kier alpha value is -1.71. The predicted octanol–water partition coefficient (Wildman–Crippen LogP) is 1.51. The lowest BCUT2D eigenvalue weighted by molar-refractivity contribution is 0.385. The molecule has 5 N–H and O–H groups in total. The predicted molar refractivity (Wildman–Crippen MR) is 71.0 cm³/mol. The molecule has 0 saturated heterocycles. The van der Waals surface area contributed by atoms with Crippen molar-refractivity contribution in [3.63, 3.8) is 0 Å². The Morgan fingerprint density at radius 1 is 1.18 bits per heavy atom. The van der Waals surface area contributed by atoms with E-state index in [-0.39, 0.29) is 0 Å². The molecule has 0 amide bonds. The number of hydrogen-bond donors (Lipinski definition) is 3. The van der Waals surface area contributed by atoms with Gasteiger partial charge in [0, 0.05) is 11.6 Å². The monoisotopic (exact) mass is 230 g/mol. The molecular weight excluding hydrogens is 212 g/mol. The van der Waals surface area contributed by atoms with Crippen molar-refractivity contribution in [1.82, 2.24) is 5.32 Å². The lowest BCUT2D eigenvalue weighted by Crippen LogP contribution is -2.37. The number of hydrogen-bond acceptors (Lipinski definition) is 4. The summed E-state index contributed by atoms with van der Waals surface area (Å²) in [5.74, 6) is 0.923. The highest BCUT2D eigenvalue weighted by Crippen LogP contribution is 2.28. The molecule has 2 atom stereocenters. The number of nitrogen functional groups attached to an aromatic ring is 2. The topological polar surface area (TPSA) is 76.4 Å². The molecule has 0 unspecified atom stereocenters. The van der Waals surface area contributed by atoms with Gasteiger partial charge in [-0.15, -0.1) is 0 Å². The van der Waals surface area contributed by atoms with Crippen molar-refractivity contribution in [3.8, 4) is 0 Å². The molecular formula is C13H18N4. The number of rotatable bonds is 1. The van der Waals surface area contributed by atoms with Crippen LogP contribution >= 0.6 is 0 Å². The summed E-state index contributed by atoms with van der Waals surface area (Å²) in [7, 11) is 0. The number of anilines is 2. The van der Waals surface area contributed by atoms with Gasteiger partial charge in [0.2, 0.25) is 0 Å². The fourth-order valence-electron chi connectivity index (χ4n) is 2.75. The van der Waals surface area contributed by atoms with Crippen LogP contribution in [0, 0.1) is 0 Å². The minimum absolute atomic E-state index is 0.430. The normalized spacial score (nSPS) is 27.2. The van der Waals surface area contributed by atoms with Gasteiger partial charge in [-0.25, -0.2) is 0 Å². The zero-order chi connectivity index (χ0) is 11.8. The molecule has 1 heterocycles. The summed E-state index contributed by atoms with van der Waals surface area (Å²) in [5.41, 5.74) is 14.0. The van der Waals surface area contributed by atoms with E-state index in [0.717, 1.165) is 11.4 Å². The summed E-state index contributed by atoms with van der Waals surface area (Å²) < 4.78 is 0. The van der Waals surface area contributed by atoms with E-state index in [1.807, 2.05) is 18.2 Å². The molecule has 4 heteroatoms. The fraction of sp³-hybridized carbons (Fsp3) is 0.462.